The number of nitrogen functional groups attached to an aromatic ring is 1. The normalized spacial score (nSPS) is 15.1. The lowest BCUT2D eigenvalue weighted by atomic mass is 9.90. The zero-order valence-corrected chi connectivity index (χ0v) is 12.6. The Hall–Kier alpha value is -1.07. The maximum Gasteiger partial charge on any atom is 0.254 e. The molecule has 19 heavy (non-hydrogen) atoms. The van der Waals surface area contributed by atoms with Crippen LogP contribution in [0.2, 0.25) is 0 Å². The van der Waals surface area contributed by atoms with Gasteiger partial charge in [-0.25, -0.2) is 0 Å². The lowest BCUT2D eigenvalue weighted by Gasteiger charge is -2.37. The summed E-state index contributed by atoms with van der Waals surface area (Å²) in [6.07, 6.45) is 3.20. The van der Waals surface area contributed by atoms with Gasteiger partial charge in [-0.15, -0.1) is 0 Å². The van der Waals surface area contributed by atoms with Crippen LogP contribution in [0.25, 0.3) is 0 Å². The highest BCUT2D eigenvalue weighted by Crippen LogP contribution is 2.29. The fraction of sp³-hybridized carbons (Fsp3) is 0.500. The maximum atomic E-state index is 12.6. The molecule has 2 rings (SSSR count). The molecule has 0 radical (unpaired) electrons. The summed E-state index contributed by atoms with van der Waals surface area (Å²) in [5, 5.41) is 9.15. The number of hydrogen-bond acceptors (Lipinski definition) is 3. The second kappa shape index (κ2) is 5.92. The monoisotopic (exact) mass is 326 g/mol. The van der Waals surface area contributed by atoms with Crippen LogP contribution in [0.3, 0.4) is 0 Å². The molecule has 4 nitrogen and oxygen atoms in total. The van der Waals surface area contributed by atoms with E-state index in [0.29, 0.717) is 17.8 Å². The van der Waals surface area contributed by atoms with E-state index < -0.39 is 0 Å². The van der Waals surface area contributed by atoms with Crippen LogP contribution < -0.4 is 5.73 Å². The van der Waals surface area contributed by atoms with E-state index in [9.17, 15) is 4.79 Å². The minimum absolute atomic E-state index is 0.00915. The number of anilines is 1. The first-order chi connectivity index (χ1) is 9.04. The molecule has 0 aromatic heterocycles. The zero-order valence-electron chi connectivity index (χ0n) is 11.0. The molecule has 0 atom stereocenters. The molecule has 0 unspecified atom stereocenters. The number of nitrogens with two attached hydrogens (primary N) is 1. The topological polar surface area (TPSA) is 66.6 Å². The van der Waals surface area contributed by atoms with Crippen molar-refractivity contribution in [3.63, 3.8) is 0 Å². The highest BCUT2D eigenvalue weighted by atomic mass is 79.9. The Morgan fingerprint density at radius 2 is 2.21 bits per heavy atom. The number of aliphatic hydroxyl groups is 1. The first-order valence-corrected chi connectivity index (χ1v) is 7.31. The Labute approximate surface area is 121 Å². The smallest absolute Gasteiger partial charge is 0.254 e. The van der Waals surface area contributed by atoms with Crippen LogP contribution >= 0.6 is 15.9 Å². The minimum Gasteiger partial charge on any atom is -0.398 e. The number of hydrogen-bond donors (Lipinski definition) is 2. The number of carbonyl (C=O) groups is 1. The van der Waals surface area contributed by atoms with Crippen molar-refractivity contribution in [2.75, 3.05) is 18.9 Å². The Balaban J connectivity index is 2.30. The summed E-state index contributed by atoms with van der Waals surface area (Å²) >= 11 is 3.37. The van der Waals surface area contributed by atoms with Crippen molar-refractivity contribution < 1.29 is 9.90 Å². The van der Waals surface area contributed by atoms with Gasteiger partial charge in [-0.3, -0.25) is 4.79 Å². The number of carbonyl (C=O) groups excluding carboxylic acids is 1. The summed E-state index contributed by atoms with van der Waals surface area (Å²) in [6, 6.07) is 3.86. The van der Waals surface area contributed by atoms with Crippen molar-refractivity contribution in [1.29, 1.82) is 0 Å². The van der Waals surface area contributed by atoms with Crippen LogP contribution in [-0.4, -0.2) is 35.1 Å². The van der Waals surface area contributed by atoms with Gasteiger partial charge in [0.1, 0.15) is 0 Å². The predicted octanol–water partition coefficient (Wildman–Crippen LogP) is 2.33. The first kappa shape index (κ1) is 14.3. The average molecular weight is 327 g/mol. The molecule has 0 spiro atoms. The van der Waals surface area contributed by atoms with Crippen LogP contribution in [0.1, 0.15) is 35.2 Å². The maximum absolute atomic E-state index is 12.6. The number of benzene rings is 1. The highest BCUT2D eigenvalue weighted by molar-refractivity contribution is 9.10. The second-order valence-corrected chi connectivity index (χ2v) is 5.89. The number of amides is 1. The number of halogens is 1. The van der Waals surface area contributed by atoms with Gasteiger partial charge in [0.05, 0.1) is 6.61 Å². The minimum atomic E-state index is -0.0377. The van der Waals surface area contributed by atoms with Crippen LogP contribution in [0.4, 0.5) is 5.69 Å². The highest BCUT2D eigenvalue weighted by Gasteiger charge is 2.30. The van der Waals surface area contributed by atoms with E-state index >= 15 is 0 Å². The van der Waals surface area contributed by atoms with Gasteiger partial charge in [0.2, 0.25) is 0 Å². The first-order valence-electron chi connectivity index (χ1n) is 6.52. The van der Waals surface area contributed by atoms with E-state index in [1.807, 2.05) is 6.92 Å². The molecule has 1 saturated carbocycles. The number of aliphatic hydroxyl groups excluding tert-OH is 1. The molecule has 1 aliphatic rings. The molecule has 0 bridgehead atoms. The fourth-order valence-electron chi connectivity index (χ4n) is 2.33. The molecule has 104 valence electrons. The molecule has 0 aliphatic heterocycles. The Bertz CT molecular complexity index is 487. The molecule has 1 aromatic carbocycles. The van der Waals surface area contributed by atoms with Gasteiger partial charge in [0.25, 0.3) is 5.91 Å². The summed E-state index contributed by atoms with van der Waals surface area (Å²) in [4.78, 5) is 14.4. The molecule has 0 saturated heterocycles. The largest absolute Gasteiger partial charge is 0.398 e. The van der Waals surface area contributed by atoms with E-state index in [1.54, 1.807) is 17.0 Å². The summed E-state index contributed by atoms with van der Waals surface area (Å²) in [7, 11) is 0. The van der Waals surface area contributed by atoms with E-state index in [0.717, 1.165) is 29.3 Å². The molecule has 3 N–H and O–H groups in total. The average Bonchev–Trinajstić information content (AvgIpc) is 2.30. The van der Waals surface area contributed by atoms with Crippen molar-refractivity contribution in [1.82, 2.24) is 4.90 Å². The third kappa shape index (κ3) is 2.92. The van der Waals surface area contributed by atoms with E-state index in [4.69, 9.17) is 10.8 Å². The summed E-state index contributed by atoms with van der Waals surface area (Å²) in [6.45, 7) is 2.23. The lowest BCUT2D eigenvalue weighted by molar-refractivity contribution is 0.0525. The molecule has 5 heteroatoms. The molecule has 1 fully saturated rings. The standard InChI is InChI=1S/C14H19BrN2O2/c1-9-12(7-10(15)8-13(9)16)14(19)17(5-6-18)11-3-2-4-11/h7-8,11,18H,2-6,16H2,1H3. The summed E-state index contributed by atoms with van der Waals surface area (Å²) in [5.41, 5.74) is 7.93. The van der Waals surface area contributed by atoms with Gasteiger partial charge in [0, 0.05) is 28.3 Å². The second-order valence-electron chi connectivity index (χ2n) is 4.97. The fourth-order valence-corrected chi connectivity index (χ4v) is 2.81. The molecule has 0 heterocycles. The van der Waals surface area contributed by atoms with Gasteiger partial charge >= 0.3 is 0 Å². The van der Waals surface area contributed by atoms with Gasteiger partial charge in [-0.1, -0.05) is 15.9 Å². The van der Waals surface area contributed by atoms with Crippen LogP contribution in [-0.2, 0) is 0 Å². The Morgan fingerprint density at radius 3 is 2.74 bits per heavy atom. The van der Waals surface area contributed by atoms with Gasteiger partial charge < -0.3 is 15.7 Å². The molecular weight excluding hydrogens is 308 g/mol. The van der Waals surface area contributed by atoms with Crippen molar-refractivity contribution in [2.24, 2.45) is 0 Å². The van der Waals surface area contributed by atoms with Crippen LogP contribution in [0.5, 0.6) is 0 Å². The quantitative estimate of drug-likeness (QED) is 0.834. The molecule has 1 aliphatic carbocycles. The van der Waals surface area contributed by atoms with E-state index in [-0.39, 0.29) is 18.6 Å². The number of nitrogens with zero attached hydrogens (tertiary/aromatic N) is 1. The number of rotatable bonds is 4. The predicted molar refractivity (Wildman–Crippen MR) is 79.1 cm³/mol. The van der Waals surface area contributed by atoms with Crippen LogP contribution in [0.15, 0.2) is 16.6 Å². The van der Waals surface area contributed by atoms with Gasteiger partial charge in [-0.05, 0) is 43.9 Å². The van der Waals surface area contributed by atoms with Crippen molar-refractivity contribution in [2.45, 2.75) is 32.2 Å². The summed E-state index contributed by atoms with van der Waals surface area (Å²) < 4.78 is 0.802. The molecule has 1 aromatic rings. The third-order valence-corrected chi connectivity index (χ3v) is 4.22. The van der Waals surface area contributed by atoms with Gasteiger partial charge in [0.15, 0.2) is 0 Å². The Morgan fingerprint density at radius 1 is 1.53 bits per heavy atom. The van der Waals surface area contributed by atoms with E-state index in [1.165, 1.54) is 0 Å². The molecular formula is C14H19BrN2O2. The third-order valence-electron chi connectivity index (χ3n) is 3.76. The van der Waals surface area contributed by atoms with Gasteiger partial charge in [-0.2, -0.15) is 0 Å². The molecule has 1 amide bonds. The summed E-state index contributed by atoms with van der Waals surface area (Å²) in [5.74, 6) is -0.0377. The van der Waals surface area contributed by atoms with E-state index in [2.05, 4.69) is 15.9 Å². The SMILES string of the molecule is Cc1c(N)cc(Br)cc1C(=O)N(CCO)C1CCC1. The van der Waals surface area contributed by atoms with Crippen molar-refractivity contribution >= 4 is 27.5 Å². The van der Waals surface area contributed by atoms with Crippen molar-refractivity contribution in [3.05, 3.63) is 27.7 Å². The lowest BCUT2D eigenvalue weighted by Crippen LogP contribution is -2.45. The Kier molecular flexibility index (Phi) is 4.47. The van der Waals surface area contributed by atoms with Crippen LogP contribution in [0, 0.1) is 6.92 Å². The van der Waals surface area contributed by atoms with Crippen molar-refractivity contribution in [3.8, 4) is 0 Å². The zero-order chi connectivity index (χ0) is 14.0.